The molecule has 0 saturated heterocycles. The highest BCUT2D eigenvalue weighted by Crippen LogP contribution is 2.23. The maximum Gasteiger partial charge on any atom is 0.242 e. The number of nitrogens with zero attached hydrogens (tertiary/aromatic N) is 1. The minimum Gasteiger partial charge on any atom is -0.372 e. The molecule has 1 aliphatic carbocycles. The highest BCUT2D eigenvalue weighted by Gasteiger charge is 2.22. The zero-order valence-electron chi connectivity index (χ0n) is 11.5. The summed E-state index contributed by atoms with van der Waals surface area (Å²) in [5, 5.41) is 3.11. The first-order chi connectivity index (χ1) is 9.53. The molecular weight excluding hydrogens is 298 g/mol. The van der Waals surface area contributed by atoms with Gasteiger partial charge in [0.1, 0.15) is 10.7 Å². The third-order valence-corrected chi connectivity index (χ3v) is 5.32. The molecule has 2 N–H and O–H groups in total. The zero-order chi connectivity index (χ0) is 14.6. The number of anilines is 1. The average Bonchev–Trinajstić information content (AvgIpc) is 2.66. The number of sulfonamides is 1. The summed E-state index contributed by atoms with van der Waals surface area (Å²) < 4.78 is 27.4. The van der Waals surface area contributed by atoms with E-state index in [1.165, 1.54) is 25.1 Å². The molecule has 2 rings (SSSR count). The number of nitrogens with one attached hydrogen (secondary N) is 2. The smallest absolute Gasteiger partial charge is 0.242 e. The first kappa shape index (κ1) is 15.5. The molecule has 1 aromatic rings. The van der Waals surface area contributed by atoms with Crippen LogP contribution >= 0.6 is 11.6 Å². The zero-order valence-corrected chi connectivity index (χ0v) is 13.1. The predicted molar refractivity (Wildman–Crippen MR) is 80.6 cm³/mol. The van der Waals surface area contributed by atoms with Crippen molar-refractivity contribution in [1.82, 2.24) is 9.71 Å². The minimum absolute atomic E-state index is 0.0188. The number of hydrogen-bond donors (Lipinski definition) is 2. The van der Waals surface area contributed by atoms with Crippen molar-refractivity contribution < 1.29 is 8.42 Å². The molecule has 1 saturated carbocycles. The fourth-order valence-corrected chi connectivity index (χ4v) is 4.04. The molecule has 7 heteroatoms. The summed E-state index contributed by atoms with van der Waals surface area (Å²) in [4.78, 5) is 4.13. The van der Waals surface area contributed by atoms with Gasteiger partial charge in [-0.3, -0.25) is 0 Å². The molecule has 20 heavy (non-hydrogen) atoms. The molecular formula is C13H20ClN3O2S. The third-order valence-electron chi connectivity index (χ3n) is 3.54. The lowest BCUT2D eigenvalue weighted by Gasteiger charge is -2.16. The molecule has 112 valence electrons. The van der Waals surface area contributed by atoms with Gasteiger partial charge in [0.05, 0.1) is 5.02 Å². The number of pyridine rings is 1. The molecule has 1 aromatic heterocycles. The fraction of sp³-hybridized carbons (Fsp3) is 0.615. The molecule has 1 heterocycles. The molecule has 0 aliphatic heterocycles. The Labute approximate surface area is 125 Å². The Morgan fingerprint density at radius 3 is 2.45 bits per heavy atom. The Kier molecular flexibility index (Phi) is 5.23. The number of hydrogen-bond acceptors (Lipinski definition) is 4. The topological polar surface area (TPSA) is 71.1 Å². The first-order valence-electron chi connectivity index (χ1n) is 6.88. The van der Waals surface area contributed by atoms with Gasteiger partial charge in [-0.05, 0) is 18.9 Å². The number of halogens is 1. The van der Waals surface area contributed by atoms with Crippen LogP contribution in [0.3, 0.4) is 0 Å². The highest BCUT2D eigenvalue weighted by molar-refractivity contribution is 7.89. The van der Waals surface area contributed by atoms with Crippen molar-refractivity contribution in [3.8, 4) is 0 Å². The van der Waals surface area contributed by atoms with Gasteiger partial charge in [-0.15, -0.1) is 0 Å². The van der Waals surface area contributed by atoms with Crippen LogP contribution in [0.4, 0.5) is 5.82 Å². The van der Waals surface area contributed by atoms with Gasteiger partial charge < -0.3 is 5.32 Å². The van der Waals surface area contributed by atoms with E-state index >= 15 is 0 Å². The van der Waals surface area contributed by atoms with Gasteiger partial charge in [0.25, 0.3) is 0 Å². The lowest BCUT2D eigenvalue weighted by molar-refractivity contribution is 0.509. The van der Waals surface area contributed by atoms with Crippen LogP contribution in [-0.4, -0.2) is 26.5 Å². The molecule has 0 atom stereocenters. The fourth-order valence-electron chi connectivity index (χ4n) is 2.44. The van der Waals surface area contributed by atoms with Crippen LogP contribution in [0.5, 0.6) is 0 Å². The van der Waals surface area contributed by atoms with E-state index in [1.54, 1.807) is 7.05 Å². The maximum absolute atomic E-state index is 12.3. The van der Waals surface area contributed by atoms with Gasteiger partial charge >= 0.3 is 0 Å². The van der Waals surface area contributed by atoms with Gasteiger partial charge in [-0.25, -0.2) is 18.1 Å². The van der Waals surface area contributed by atoms with E-state index in [0.717, 1.165) is 25.7 Å². The van der Waals surface area contributed by atoms with Crippen molar-refractivity contribution in [2.45, 2.75) is 49.5 Å². The van der Waals surface area contributed by atoms with Crippen molar-refractivity contribution in [2.75, 3.05) is 12.4 Å². The van der Waals surface area contributed by atoms with Crippen molar-refractivity contribution in [3.63, 3.8) is 0 Å². The van der Waals surface area contributed by atoms with Gasteiger partial charge in [-0.2, -0.15) is 0 Å². The second kappa shape index (κ2) is 6.74. The quantitative estimate of drug-likeness (QED) is 0.838. The summed E-state index contributed by atoms with van der Waals surface area (Å²) in [7, 11) is -1.86. The van der Waals surface area contributed by atoms with Crippen LogP contribution < -0.4 is 10.0 Å². The Bertz CT molecular complexity index is 555. The van der Waals surface area contributed by atoms with E-state index in [0.29, 0.717) is 10.8 Å². The standard InChI is InChI=1S/C13H20ClN3O2S/c1-15-13-12(14)8-11(9-16-13)20(18,19)17-10-6-4-2-3-5-7-10/h8-10,17H,2-7H2,1H3,(H,15,16). The van der Waals surface area contributed by atoms with Gasteiger partial charge in [0, 0.05) is 19.3 Å². The highest BCUT2D eigenvalue weighted by atomic mass is 35.5. The van der Waals surface area contributed by atoms with E-state index in [1.807, 2.05) is 0 Å². The Morgan fingerprint density at radius 1 is 1.25 bits per heavy atom. The summed E-state index contributed by atoms with van der Waals surface area (Å²) in [6, 6.07) is 1.45. The summed E-state index contributed by atoms with van der Waals surface area (Å²) in [6.07, 6.45) is 7.64. The van der Waals surface area contributed by atoms with Crippen LogP contribution in [0, 0.1) is 0 Å². The third kappa shape index (κ3) is 3.84. The molecule has 5 nitrogen and oxygen atoms in total. The minimum atomic E-state index is -3.55. The molecule has 0 spiro atoms. The summed E-state index contributed by atoms with van der Waals surface area (Å²) in [5.41, 5.74) is 0. The van der Waals surface area contributed by atoms with Gasteiger partial charge in [0.2, 0.25) is 10.0 Å². The Hall–Kier alpha value is -0.850. The summed E-state index contributed by atoms with van der Waals surface area (Å²) in [6.45, 7) is 0. The van der Waals surface area contributed by atoms with Gasteiger partial charge in [0.15, 0.2) is 0 Å². The average molecular weight is 318 g/mol. The van der Waals surface area contributed by atoms with Crippen molar-refractivity contribution in [3.05, 3.63) is 17.3 Å². The number of rotatable bonds is 4. The first-order valence-corrected chi connectivity index (χ1v) is 8.74. The lowest BCUT2D eigenvalue weighted by atomic mass is 10.1. The normalized spacial score (nSPS) is 17.7. The van der Waals surface area contributed by atoms with E-state index in [9.17, 15) is 8.42 Å². The van der Waals surface area contributed by atoms with Crippen LogP contribution in [0.25, 0.3) is 0 Å². The van der Waals surface area contributed by atoms with E-state index < -0.39 is 10.0 Å². The molecule has 1 fully saturated rings. The van der Waals surface area contributed by atoms with Crippen LogP contribution in [0.1, 0.15) is 38.5 Å². The maximum atomic E-state index is 12.3. The molecule has 0 radical (unpaired) electrons. The van der Waals surface area contributed by atoms with E-state index in [-0.39, 0.29) is 10.9 Å². The largest absolute Gasteiger partial charge is 0.372 e. The van der Waals surface area contributed by atoms with E-state index in [2.05, 4.69) is 15.0 Å². The molecule has 0 unspecified atom stereocenters. The van der Waals surface area contributed by atoms with E-state index in [4.69, 9.17) is 11.6 Å². The van der Waals surface area contributed by atoms with Gasteiger partial charge in [-0.1, -0.05) is 37.3 Å². The molecule has 0 aromatic carbocycles. The Balaban J connectivity index is 2.15. The second-order valence-electron chi connectivity index (χ2n) is 5.06. The number of aromatic nitrogens is 1. The van der Waals surface area contributed by atoms with Crippen LogP contribution in [0.2, 0.25) is 5.02 Å². The van der Waals surface area contributed by atoms with Crippen LogP contribution in [0.15, 0.2) is 17.2 Å². The van der Waals surface area contributed by atoms with Crippen molar-refractivity contribution >= 4 is 27.4 Å². The SMILES string of the molecule is CNc1ncc(S(=O)(=O)NC2CCCCCC2)cc1Cl. The summed E-state index contributed by atoms with van der Waals surface area (Å²) in [5.74, 6) is 0.472. The van der Waals surface area contributed by atoms with Crippen LogP contribution in [-0.2, 0) is 10.0 Å². The van der Waals surface area contributed by atoms with Crippen molar-refractivity contribution in [2.24, 2.45) is 0 Å². The molecule has 1 aliphatic rings. The van der Waals surface area contributed by atoms with Crippen molar-refractivity contribution in [1.29, 1.82) is 0 Å². The molecule has 0 bridgehead atoms. The predicted octanol–water partition coefficient (Wildman–Crippen LogP) is 2.78. The second-order valence-corrected chi connectivity index (χ2v) is 7.18. The Morgan fingerprint density at radius 2 is 1.90 bits per heavy atom. The summed E-state index contributed by atoms with van der Waals surface area (Å²) >= 11 is 5.99. The monoisotopic (exact) mass is 317 g/mol. The lowest BCUT2D eigenvalue weighted by Crippen LogP contribution is -2.34. The molecule has 0 amide bonds.